The van der Waals surface area contributed by atoms with Gasteiger partial charge in [-0.2, -0.15) is 4.98 Å². The van der Waals surface area contributed by atoms with Gasteiger partial charge in [0, 0.05) is 11.3 Å². The van der Waals surface area contributed by atoms with Gasteiger partial charge in [0.2, 0.25) is 11.8 Å². The first kappa shape index (κ1) is 15.0. The smallest absolute Gasteiger partial charge is 0.243 e. The SMILES string of the molecule is C[C@@H](c1nc(C(C)(C)C)no1)N1CCC(C(N)=O)CC1. The summed E-state index contributed by atoms with van der Waals surface area (Å²) in [6.45, 7) is 9.91. The highest BCUT2D eigenvalue weighted by Gasteiger charge is 2.30. The lowest BCUT2D eigenvalue weighted by Gasteiger charge is -2.33. The van der Waals surface area contributed by atoms with Gasteiger partial charge in [0.25, 0.3) is 0 Å². The Hall–Kier alpha value is -1.43. The summed E-state index contributed by atoms with van der Waals surface area (Å²) in [5, 5.41) is 4.06. The molecule has 1 fully saturated rings. The van der Waals surface area contributed by atoms with Gasteiger partial charge in [0.1, 0.15) is 0 Å². The van der Waals surface area contributed by atoms with Gasteiger partial charge in [-0.15, -0.1) is 0 Å². The van der Waals surface area contributed by atoms with E-state index in [0.29, 0.717) is 5.89 Å². The Morgan fingerprint density at radius 2 is 2.00 bits per heavy atom. The Balaban J connectivity index is 2.00. The first-order chi connectivity index (χ1) is 9.29. The second kappa shape index (κ2) is 5.52. The largest absolute Gasteiger partial charge is 0.369 e. The lowest BCUT2D eigenvalue weighted by atomic mass is 9.95. The van der Waals surface area contributed by atoms with E-state index in [-0.39, 0.29) is 23.3 Å². The summed E-state index contributed by atoms with van der Waals surface area (Å²) in [5.41, 5.74) is 5.24. The van der Waals surface area contributed by atoms with Crippen LogP contribution in [0.1, 0.15) is 58.3 Å². The van der Waals surface area contributed by atoms with Gasteiger partial charge in [-0.05, 0) is 32.9 Å². The quantitative estimate of drug-likeness (QED) is 0.909. The van der Waals surface area contributed by atoms with E-state index in [4.69, 9.17) is 10.3 Å². The van der Waals surface area contributed by atoms with Crippen molar-refractivity contribution < 1.29 is 9.32 Å². The zero-order valence-electron chi connectivity index (χ0n) is 12.7. The molecule has 1 amide bonds. The summed E-state index contributed by atoms with van der Waals surface area (Å²) in [5.74, 6) is 1.19. The van der Waals surface area contributed by atoms with E-state index in [1.807, 2.05) is 0 Å². The van der Waals surface area contributed by atoms with E-state index in [2.05, 4.69) is 42.7 Å². The summed E-state index contributed by atoms with van der Waals surface area (Å²) in [7, 11) is 0. The molecular formula is C14H24N4O2. The number of aromatic nitrogens is 2. The fraction of sp³-hybridized carbons (Fsp3) is 0.786. The number of hydrogen-bond acceptors (Lipinski definition) is 5. The third-order valence-corrected chi connectivity index (χ3v) is 3.95. The number of carbonyl (C=O) groups excluding carboxylic acids is 1. The van der Waals surface area contributed by atoms with Crippen molar-refractivity contribution in [1.29, 1.82) is 0 Å². The minimum Gasteiger partial charge on any atom is -0.369 e. The molecule has 1 saturated heterocycles. The van der Waals surface area contributed by atoms with E-state index in [1.54, 1.807) is 0 Å². The minimum atomic E-state index is -0.190. The molecule has 0 unspecified atom stereocenters. The molecule has 0 saturated carbocycles. The van der Waals surface area contributed by atoms with Gasteiger partial charge >= 0.3 is 0 Å². The lowest BCUT2D eigenvalue weighted by molar-refractivity contribution is -0.123. The fourth-order valence-electron chi connectivity index (χ4n) is 2.44. The molecule has 0 radical (unpaired) electrons. The predicted molar refractivity (Wildman–Crippen MR) is 74.9 cm³/mol. The van der Waals surface area contributed by atoms with Crippen molar-refractivity contribution in [2.45, 2.75) is 52.0 Å². The Bertz CT molecular complexity index is 470. The zero-order chi connectivity index (χ0) is 14.9. The van der Waals surface area contributed by atoms with Crippen molar-refractivity contribution in [1.82, 2.24) is 15.0 Å². The highest BCUT2D eigenvalue weighted by molar-refractivity contribution is 5.76. The lowest BCUT2D eigenvalue weighted by Crippen LogP contribution is -2.39. The van der Waals surface area contributed by atoms with Crippen LogP contribution < -0.4 is 5.73 Å². The van der Waals surface area contributed by atoms with Crippen molar-refractivity contribution in [3.8, 4) is 0 Å². The number of hydrogen-bond donors (Lipinski definition) is 1. The second-order valence-corrected chi connectivity index (χ2v) is 6.59. The maximum Gasteiger partial charge on any atom is 0.243 e. The number of nitrogens with two attached hydrogens (primary N) is 1. The van der Waals surface area contributed by atoms with E-state index in [9.17, 15) is 4.79 Å². The van der Waals surface area contributed by atoms with Gasteiger partial charge in [-0.25, -0.2) is 0 Å². The fourth-order valence-corrected chi connectivity index (χ4v) is 2.44. The first-order valence-electron chi connectivity index (χ1n) is 7.16. The van der Waals surface area contributed by atoms with Gasteiger partial charge in [0.05, 0.1) is 6.04 Å². The monoisotopic (exact) mass is 280 g/mol. The van der Waals surface area contributed by atoms with Crippen LogP contribution in [0.25, 0.3) is 0 Å². The van der Waals surface area contributed by atoms with Crippen LogP contribution in [0.15, 0.2) is 4.52 Å². The highest BCUT2D eigenvalue weighted by Crippen LogP contribution is 2.27. The van der Waals surface area contributed by atoms with Crippen molar-refractivity contribution in [3.63, 3.8) is 0 Å². The van der Waals surface area contributed by atoms with Crippen LogP contribution in [0.2, 0.25) is 0 Å². The van der Waals surface area contributed by atoms with E-state index in [0.717, 1.165) is 31.8 Å². The first-order valence-corrected chi connectivity index (χ1v) is 7.16. The molecule has 0 spiro atoms. The van der Waals surface area contributed by atoms with Crippen LogP contribution in [-0.4, -0.2) is 34.0 Å². The van der Waals surface area contributed by atoms with Crippen LogP contribution in [0, 0.1) is 5.92 Å². The van der Waals surface area contributed by atoms with Crippen LogP contribution in [0.4, 0.5) is 0 Å². The van der Waals surface area contributed by atoms with Crippen LogP contribution in [-0.2, 0) is 10.2 Å². The number of piperidine rings is 1. The molecule has 1 atom stereocenters. The van der Waals surface area contributed by atoms with E-state index in [1.165, 1.54) is 0 Å². The summed E-state index contributed by atoms with van der Waals surface area (Å²) in [6.07, 6.45) is 1.61. The molecule has 1 aliphatic rings. The standard InChI is InChI=1S/C14H24N4O2/c1-9(12-16-13(17-20-12)14(2,3)4)18-7-5-10(6-8-18)11(15)19/h9-10H,5-8H2,1-4H3,(H2,15,19)/t9-/m0/s1. The van der Waals surface area contributed by atoms with Gasteiger partial charge in [0.15, 0.2) is 5.82 Å². The average Bonchev–Trinajstić information content (AvgIpc) is 2.87. The molecule has 6 nitrogen and oxygen atoms in total. The highest BCUT2D eigenvalue weighted by atomic mass is 16.5. The van der Waals surface area contributed by atoms with Crippen molar-refractivity contribution in [3.05, 3.63) is 11.7 Å². The number of primary amides is 1. The molecule has 0 bridgehead atoms. The third-order valence-electron chi connectivity index (χ3n) is 3.95. The Kier molecular flexibility index (Phi) is 4.13. The molecule has 6 heteroatoms. The molecule has 0 aliphatic carbocycles. The molecule has 20 heavy (non-hydrogen) atoms. The average molecular weight is 280 g/mol. The molecule has 1 aromatic heterocycles. The Morgan fingerprint density at radius 1 is 1.40 bits per heavy atom. The molecule has 2 rings (SSSR count). The normalized spacial score (nSPS) is 20.0. The summed E-state index contributed by atoms with van der Waals surface area (Å²) in [6, 6.07) is 0.0763. The molecule has 1 aliphatic heterocycles. The molecular weight excluding hydrogens is 256 g/mol. The number of nitrogens with zero attached hydrogens (tertiary/aromatic N) is 3. The molecule has 2 N–H and O–H groups in total. The molecule has 0 aromatic carbocycles. The van der Waals surface area contributed by atoms with Crippen molar-refractivity contribution in [2.75, 3.05) is 13.1 Å². The predicted octanol–water partition coefficient (Wildman–Crippen LogP) is 1.63. The van der Waals surface area contributed by atoms with Gasteiger partial charge in [-0.3, -0.25) is 9.69 Å². The van der Waals surface area contributed by atoms with Crippen molar-refractivity contribution in [2.24, 2.45) is 11.7 Å². The Morgan fingerprint density at radius 3 is 2.45 bits per heavy atom. The Labute approximate surface area is 119 Å². The van der Waals surface area contributed by atoms with Crippen LogP contribution >= 0.6 is 0 Å². The number of carbonyl (C=O) groups is 1. The zero-order valence-corrected chi connectivity index (χ0v) is 12.7. The van der Waals surface area contributed by atoms with Gasteiger partial charge in [-0.1, -0.05) is 25.9 Å². The maximum atomic E-state index is 11.2. The van der Waals surface area contributed by atoms with E-state index >= 15 is 0 Å². The number of likely N-dealkylation sites (tertiary alicyclic amines) is 1. The molecule has 112 valence electrons. The minimum absolute atomic E-state index is 0.00581. The van der Waals surface area contributed by atoms with Gasteiger partial charge < -0.3 is 10.3 Å². The number of rotatable bonds is 3. The maximum absolute atomic E-state index is 11.2. The van der Waals surface area contributed by atoms with Crippen LogP contribution in [0.3, 0.4) is 0 Å². The third kappa shape index (κ3) is 3.17. The second-order valence-electron chi connectivity index (χ2n) is 6.59. The van der Waals surface area contributed by atoms with Crippen LogP contribution in [0.5, 0.6) is 0 Å². The topological polar surface area (TPSA) is 85.2 Å². The number of amides is 1. The molecule has 1 aromatic rings. The van der Waals surface area contributed by atoms with Crippen molar-refractivity contribution >= 4 is 5.91 Å². The summed E-state index contributed by atoms with van der Waals surface area (Å²) in [4.78, 5) is 17.9. The summed E-state index contributed by atoms with van der Waals surface area (Å²) >= 11 is 0. The van der Waals surface area contributed by atoms with E-state index < -0.39 is 0 Å². The summed E-state index contributed by atoms with van der Waals surface area (Å²) < 4.78 is 5.39. The molecule has 2 heterocycles.